The summed E-state index contributed by atoms with van der Waals surface area (Å²) in [6.45, 7) is 4.37. The van der Waals surface area contributed by atoms with E-state index >= 15 is 0 Å². The van der Waals surface area contributed by atoms with Crippen molar-refractivity contribution in [1.82, 2.24) is 14.9 Å². The Bertz CT molecular complexity index is 802. The summed E-state index contributed by atoms with van der Waals surface area (Å²) in [4.78, 5) is 12.7. The van der Waals surface area contributed by atoms with Crippen LogP contribution in [0.15, 0.2) is 30.6 Å². The Morgan fingerprint density at radius 2 is 1.92 bits per heavy atom. The Morgan fingerprint density at radius 3 is 2.56 bits per heavy atom. The van der Waals surface area contributed by atoms with E-state index in [9.17, 15) is 4.39 Å². The summed E-state index contributed by atoms with van der Waals surface area (Å²) < 4.78 is 14.5. The maximum atomic E-state index is 14.5. The van der Waals surface area contributed by atoms with E-state index in [1.165, 1.54) is 11.9 Å². The maximum Gasteiger partial charge on any atom is 0.187 e. The summed E-state index contributed by atoms with van der Waals surface area (Å²) in [5.74, 6) is 0.171. The van der Waals surface area contributed by atoms with Gasteiger partial charge in [0.2, 0.25) is 0 Å². The number of fused-ring (bicyclic) bond motifs is 2. The third-order valence-corrected chi connectivity index (χ3v) is 5.27. The maximum absolute atomic E-state index is 14.5. The van der Waals surface area contributed by atoms with Gasteiger partial charge in [-0.1, -0.05) is 19.1 Å². The van der Waals surface area contributed by atoms with Gasteiger partial charge in [-0.3, -0.25) is 4.90 Å². The molecule has 128 valence electrons. The first-order valence-corrected chi connectivity index (χ1v) is 8.68. The van der Waals surface area contributed by atoms with Crippen molar-refractivity contribution in [2.45, 2.75) is 38.4 Å². The molecule has 5 nitrogen and oxygen atoms in total. The van der Waals surface area contributed by atoms with Crippen LogP contribution >= 0.6 is 0 Å². The van der Waals surface area contributed by atoms with Crippen LogP contribution in [0.5, 0.6) is 0 Å². The molecule has 0 saturated carbocycles. The number of piperazine rings is 1. The van der Waals surface area contributed by atoms with E-state index in [-0.39, 0.29) is 5.82 Å². The Balaban J connectivity index is 1.45. The lowest BCUT2D eigenvalue weighted by atomic mass is 9.86. The van der Waals surface area contributed by atoms with Crippen molar-refractivity contribution in [1.29, 1.82) is 5.26 Å². The van der Waals surface area contributed by atoms with Gasteiger partial charge in [-0.2, -0.15) is 5.26 Å². The number of nitrogens with zero attached hydrogens (tertiary/aromatic N) is 5. The number of aromatic nitrogens is 2. The van der Waals surface area contributed by atoms with Gasteiger partial charge in [0.05, 0.1) is 17.3 Å². The fraction of sp³-hybridized carbons (Fsp3) is 0.421. The van der Waals surface area contributed by atoms with Gasteiger partial charge in [0.1, 0.15) is 6.33 Å². The van der Waals surface area contributed by atoms with Crippen LogP contribution < -0.4 is 4.90 Å². The minimum absolute atomic E-state index is 0.273. The average molecular weight is 337 g/mol. The molecule has 3 aliphatic rings. The fourth-order valence-electron chi connectivity index (χ4n) is 3.88. The van der Waals surface area contributed by atoms with Gasteiger partial charge in [0.25, 0.3) is 0 Å². The summed E-state index contributed by atoms with van der Waals surface area (Å²) in [6, 6.07) is 10.7. The van der Waals surface area contributed by atoms with Gasteiger partial charge in [0, 0.05) is 31.7 Å². The predicted molar refractivity (Wildman–Crippen MR) is 92.5 cm³/mol. The lowest BCUT2D eigenvalue weighted by Crippen LogP contribution is -2.68. The third-order valence-electron chi connectivity index (χ3n) is 5.27. The first-order valence-electron chi connectivity index (χ1n) is 8.68. The van der Waals surface area contributed by atoms with Gasteiger partial charge in [-0.25, -0.2) is 14.4 Å². The van der Waals surface area contributed by atoms with Gasteiger partial charge < -0.3 is 4.90 Å². The highest BCUT2D eigenvalue weighted by molar-refractivity contribution is 5.43. The zero-order valence-electron chi connectivity index (χ0n) is 14.2. The first kappa shape index (κ1) is 16.0. The molecule has 3 fully saturated rings. The van der Waals surface area contributed by atoms with Crippen LogP contribution in [-0.4, -0.2) is 40.0 Å². The molecule has 0 N–H and O–H groups in total. The standard InChI is InChI=1S/C19H20FN5/c1-2-17-18(20)19(23-12-22-17)24-10-15-7-16(11-24)25(15)9-14-5-3-13(8-21)4-6-14/h3-6,12,15-16H,2,7,9-11H2,1H3. The van der Waals surface area contributed by atoms with Crippen LogP contribution in [0.2, 0.25) is 0 Å². The second-order valence-corrected chi connectivity index (χ2v) is 6.74. The van der Waals surface area contributed by atoms with Crippen molar-refractivity contribution < 1.29 is 4.39 Å². The van der Waals surface area contributed by atoms with Crippen LogP contribution in [0.25, 0.3) is 0 Å². The Kier molecular flexibility index (Phi) is 4.10. The molecule has 3 aliphatic heterocycles. The molecule has 1 aromatic heterocycles. The van der Waals surface area contributed by atoms with Crippen molar-refractivity contribution in [3.63, 3.8) is 0 Å². The molecule has 2 atom stereocenters. The van der Waals surface area contributed by atoms with Crippen molar-refractivity contribution in [3.05, 3.63) is 53.2 Å². The second-order valence-electron chi connectivity index (χ2n) is 6.74. The summed E-state index contributed by atoms with van der Waals surface area (Å²) in [6.07, 6.45) is 3.19. The molecule has 1 aromatic carbocycles. The zero-order valence-corrected chi connectivity index (χ0v) is 14.2. The molecule has 2 aromatic rings. The summed E-state index contributed by atoms with van der Waals surface area (Å²) in [5, 5.41) is 8.89. The molecule has 6 heteroatoms. The lowest BCUT2D eigenvalue weighted by molar-refractivity contribution is -0.00891. The minimum atomic E-state index is -0.273. The van der Waals surface area contributed by atoms with E-state index in [0.29, 0.717) is 35.6 Å². The summed E-state index contributed by atoms with van der Waals surface area (Å²) in [7, 11) is 0. The molecule has 4 heterocycles. The number of rotatable bonds is 4. The number of aryl methyl sites for hydroxylation is 1. The number of hydrogen-bond acceptors (Lipinski definition) is 5. The molecule has 2 bridgehead atoms. The molecular weight excluding hydrogens is 317 g/mol. The molecule has 5 rings (SSSR count). The van der Waals surface area contributed by atoms with Crippen LogP contribution in [-0.2, 0) is 13.0 Å². The van der Waals surface area contributed by atoms with Crippen LogP contribution in [0, 0.1) is 17.1 Å². The van der Waals surface area contributed by atoms with E-state index in [4.69, 9.17) is 5.26 Å². The van der Waals surface area contributed by atoms with E-state index in [1.807, 2.05) is 31.2 Å². The zero-order chi connectivity index (χ0) is 17.4. The normalized spacial score (nSPS) is 22.4. The molecule has 0 amide bonds. The lowest BCUT2D eigenvalue weighted by Gasteiger charge is -2.56. The Hall–Kier alpha value is -2.52. The molecule has 3 saturated heterocycles. The quantitative estimate of drug-likeness (QED) is 0.858. The third kappa shape index (κ3) is 2.85. The Labute approximate surface area is 146 Å². The van der Waals surface area contributed by atoms with Crippen molar-refractivity contribution >= 4 is 5.82 Å². The molecule has 0 radical (unpaired) electrons. The van der Waals surface area contributed by atoms with Crippen molar-refractivity contribution in [2.24, 2.45) is 0 Å². The van der Waals surface area contributed by atoms with E-state index < -0.39 is 0 Å². The molecule has 0 aliphatic carbocycles. The molecule has 25 heavy (non-hydrogen) atoms. The van der Waals surface area contributed by atoms with Gasteiger partial charge in [0.15, 0.2) is 11.6 Å². The van der Waals surface area contributed by atoms with Crippen molar-refractivity contribution in [3.8, 4) is 6.07 Å². The largest absolute Gasteiger partial charge is 0.351 e. The minimum Gasteiger partial charge on any atom is -0.351 e. The first-order chi connectivity index (χ1) is 12.2. The van der Waals surface area contributed by atoms with E-state index in [2.05, 4.69) is 25.8 Å². The van der Waals surface area contributed by atoms with Crippen molar-refractivity contribution in [2.75, 3.05) is 18.0 Å². The van der Waals surface area contributed by atoms with Gasteiger partial charge in [-0.05, 0) is 30.5 Å². The fourth-order valence-corrected chi connectivity index (χ4v) is 3.88. The highest BCUT2D eigenvalue weighted by atomic mass is 19.1. The van der Waals surface area contributed by atoms with Crippen LogP contribution in [0.1, 0.15) is 30.2 Å². The number of hydrogen-bond donors (Lipinski definition) is 0. The average Bonchev–Trinajstić information content (AvgIpc) is 2.66. The highest BCUT2D eigenvalue weighted by Gasteiger charge is 2.45. The smallest absolute Gasteiger partial charge is 0.187 e. The molecule has 2 unspecified atom stereocenters. The van der Waals surface area contributed by atoms with Crippen LogP contribution in [0.3, 0.4) is 0 Å². The number of anilines is 1. The Morgan fingerprint density at radius 1 is 1.20 bits per heavy atom. The molecule has 0 spiro atoms. The van der Waals surface area contributed by atoms with E-state index in [1.54, 1.807) is 0 Å². The monoisotopic (exact) mass is 337 g/mol. The topological polar surface area (TPSA) is 56.1 Å². The van der Waals surface area contributed by atoms with E-state index in [0.717, 1.165) is 26.1 Å². The highest BCUT2D eigenvalue weighted by Crippen LogP contribution is 2.36. The number of halogens is 1. The number of nitriles is 1. The summed E-state index contributed by atoms with van der Waals surface area (Å²) >= 11 is 0. The molecular formula is C19H20FN5. The SMILES string of the molecule is CCc1ncnc(N2CC3CC(C2)N3Cc2ccc(C#N)cc2)c1F. The predicted octanol–water partition coefficient (Wildman–Crippen LogP) is 2.51. The van der Waals surface area contributed by atoms with Gasteiger partial charge >= 0.3 is 0 Å². The number of benzene rings is 1. The van der Waals surface area contributed by atoms with Crippen LogP contribution in [0.4, 0.5) is 10.2 Å². The second kappa shape index (κ2) is 6.41. The number of piperidine rings is 1. The summed E-state index contributed by atoms with van der Waals surface area (Å²) in [5.41, 5.74) is 2.38. The van der Waals surface area contributed by atoms with Gasteiger partial charge in [-0.15, -0.1) is 0 Å².